The highest BCUT2D eigenvalue weighted by atomic mass is 79.9. The number of primary amides is 1. The number of imidazole rings is 1. The number of carbonyl (C=O) groups is 1. The second-order valence-electron chi connectivity index (χ2n) is 4.55. The molecular weight excluding hydrogens is 348 g/mol. The van der Waals surface area contributed by atoms with Crippen LogP contribution in [0.25, 0.3) is 16.9 Å². The zero-order valence-electron chi connectivity index (χ0n) is 11.8. The van der Waals surface area contributed by atoms with Crippen LogP contribution in [0.15, 0.2) is 40.9 Å². The van der Waals surface area contributed by atoms with Crippen molar-refractivity contribution < 1.29 is 9.53 Å². The number of ether oxygens (including phenoxy) is 1. The van der Waals surface area contributed by atoms with Crippen molar-refractivity contribution >= 4 is 27.5 Å². The highest BCUT2D eigenvalue weighted by Crippen LogP contribution is 2.26. The first-order valence-corrected chi connectivity index (χ1v) is 7.47. The van der Waals surface area contributed by atoms with Gasteiger partial charge in [-0.25, -0.2) is 9.50 Å². The highest BCUT2D eigenvalue weighted by molar-refractivity contribution is 9.10. The molecule has 7 heteroatoms. The third-order valence-corrected chi connectivity index (χ3v) is 3.62. The molecule has 112 valence electrons. The van der Waals surface area contributed by atoms with E-state index in [-0.39, 0.29) is 5.69 Å². The molecular formula is C15H13BrN4O2. The summed E-state index contributed by atoms with van der Waals surface area (Å²) >= 11 is 3.38. The fraction of sp³-hybridized carbons (Fsp3) is 0.133. The Balaban J connectivity index is 2.23. The number of nitrogens with zero attached hydrogens (tertiary/aromatic N) is 3. The van der Waals surface area contributed by atoms with E-state index in [9.17, 15) is 4.79 Å². The number of carbonyl (C=O) groups excluding carboxylic acids is 1. The molecule has 0 saturated heterocycles. The fourth-order valence-electron chi connectivity index (χ4n) is 2.17. The van der Waals surface area contributed by atoms with Crippen LogP contribution in [-0.4, -0.2) is 27.1 Å². The van der Waals surface area contributed by atoms with Gasteiger partial charge in [0.25, 0.3) is 5.91 Å². The van der Waals surface area contributed by atoms with E-state index in [4.69, 9.17) is 10.5 Å². The number of halogens is 1. The zero-order chi connectivity index (χ0) is 15.7. The average Bonchev–Trinajstić information content (AvgIpc) is 2.87. The molecule has 0 spiro atoms. The fourth-order valence-corrected chi connectivity index (χ4v) is 2.44. The zero-order valence-corrected chi connectivity index (χ0v) is 13.4. The van der Waals surface area contributed by atoms with E-state index in [1.165, 1.54) is 4.52 Å². The normalized spacial score (nSPS) is 10.8. The van der Waals surface area contributed by atoms with Gasteiger partial charge in [0, 0.05) is 16.1 Å². The SMILES string of the molecule is CCOc1ccc2nc(-c3ccc(Br)cc3)c(C(N)=O)n2n1. The van der Waals surface area contributed by atoms with E-state index < -0.39 is 5.91 Å². The minimum atomic E-state index is -0.591. The topological polar surface area (TPSA) is 82.5 Å². The number of benzene rings is 1. The maximum Gasteiger partial charge on any atom is 0.269 e. The summed E-state index contributed by atoms with van der Waals surface area (Å²) < 4.78 is 7.72. The van der Waals surface area contributed by atoms with Crippen LogP contribution in [0.3, 0.4) is 0 Å². The number of rotatable bonds is 4. The first kappa shape index (κ1) is 14.5. The van der Waals surface area contributed by atoms with Crippen LogP contribution >= 0.6 is 15.9 Å². The lowest BCUT2D eigenvalue weighted by Crippen LogP contribution is -2.16. The van der Waals surface area contributed by atoms with Gasteiger partial charge in [-0.15, -0.1) is 5.10 Å². The first-order chi connectivity index (χ1) is 10.6. The molecule has 0 saturated carbocycles. The quantitative estimate of drug-likeness (QED) is 0.775. The summed E-state index contributed by atoms with van der Waals surface area (Å²) in [6.45, 7) is 2.35. The molecule has 1 amide bonds. The summed E-state index contributed by atoms with van der Waals surface area (Å²) in [7, 11) is 0. The molecule has 2 N–H and O–H groups in total. The van der Waals surface area contributed by atoms with Crippen LogP contribution in [0.2, 0.25) is 0 Å². The summed E-state index contributed by atoms with van der Waals surface area (Å²) in [6.07, 6.45) is 0. The van der Waals surface area contributed by atoms with Crippen molar-refractivity contribution in [1.29, 1.82) is 0 Å². The van der Waals surface area contributed by atoms with Crippen molar-refractivity contribution in [2.24, 2.45) is 5.73 Å². The van der Waals surface area contributed by atoms with E-state index in [1.54, 1.807) is 12.1 Å². The summed E-state index contributed by atoms with van der Waals surface area (Å²) in [5.41, 5.74) is 7.59. The smallest absolute Gasteiger partial charge is 0.269 e. The second-order valence-corrected chi connectivity index (χ2v) is 5.47. The lowest BCUT2D eigenvalue weighted by atomic mass is 10.1. The minimum Gasteiger partial charge on any atom is -0.477 e. The molecule has 6 nitrogen and oxygen atoms in total. The van der Waals surface area contributed by atoms with Crippen molar-refractivity contribution in [3.8, 4) is 17.1 Å². The van der Waals surface area contributed by atoms with Crippen molar-refractivity contribution in [2.75, 3.05) is 6.61 Å². The van der Waals surface area contributed by atoms with E-state index in [1.807, 2.05) is 31.2 Å². The molecule has 0 aliphatic carbocycles. The molecule has 3 aromatic rings. The number of nitrogens with two attached hydrogens (primary N) is 1. The maximum absolute atomic E-state index is 11.9. The third kappa shape index (κ3) is 2.55. The van der Waals surface area contributed by atoms with Gasteiger partial charge in [-0.2, -0.15) is 0 Å². The van der Waals surface area contributed by atoms with Gasteiger partial charge in [-0.3, -0.25) is 4.79 Å². The Labute approximate surface area is 135 Å². The molecule has 2 aromatic heterocycles. The van der Waals surface area contributed by atoms with Gasteiger partial charge in [0.2, 0.25) is 5.88 Å². The van der Waals surface area contributed by atoms with Crippen molar-refractivity contribution in [3.05, 3.63) is 46.6 Å². The second kappa shape index (κ2) is 5.76. The number of fused-ring (bicyclic) bond motifs is 1. The minimum absolute atomic E-state index is 0.235. The average molecular weight is 361 g/mol. The van der Waals surface area contributed by atoms with Crippen LogP contribution in [0.1, 0.15) is 17.4 Å². The molecule has 0 fully saturated rings. The maximum atomic E-state index is 11.9. The Kier molecular flexibility index (Phi) is 3.81. The molecule has 2 heterocycles. The van der Waals surface area contributed by atoms with Gasteiger partial charge < -0.3 is 10.5 Å². The van der Waals surface area contributed by atoms with Gasteiger partial charge in [-0.05, 0) is 25.1 Å². The summed E-state index contributed by atoms with van der Waals surface area (Å²) in [6, 6.07) is 10.9. The number of hydrogen-bond donors (Lipinski definition) is 1. The monoisotopic (exact) mass is 360 g/mol. The lowest BCUT2D eigenvalue weighted by molar-refractivity contribution is 0.0994. The van der Waals surface area contributed by atoms with Crippen LogP contribution in [0, 0.1) is 0 Å². The molecule has 3 rings (SSSR count). The predicted molar refractivity (Wildman–Crippen MR) is 85.8 cm³/mol. The van der Waals surface area contributed by atoms with Gasteiger partial charge in [0.05, 0.1) is 6.61 Å². The molecule has 0 aliphatic heterocycles. The summed E-state index contributed by atoms with van der Waals surface area (Å²) in [5.74, 6) is -0.177. The van der Waals surface area contributed by atoms with E-state index >= 15 is 0 Å². The number of amides is 1. The molecule has 1 aromatic carbocycles. The molecule has 0 bridgehead atoms. The molecule has 0 radical (unpaired) electrons. The van der Waals surface area contributed by atoms with Crippen molar-refractivity contribution in [3.63, 3.8) is 0 Å². The summed E-state index contributed by atoms with van der Waals surface area (Å²) in [4.78, 5) is 16.3. The Hall–Kier alpha value is -2.41. The summed E-state index contributed by atoms with van der Waals surface area (Å²) in [5, 5.41) is 4.27. The number of aromatic nitrogens is 3. The van der Waals surface area contributed by atoms with Crippen LogP contribution in [0.4, 0.5) is 0 Å². The van der Waals surface area contributed by atoms with E-state index in [0.29, 0.717) is 23.8 Å². The van der Waals surface area contributed by atoms with Gasteiger partial charge in [0.1, 0.15) is 5.69 Å². The van der Waals surface area contributed by atoms with Crippen LogP contribution in [0.5, 0.6) is 5.88 Å². The Bertz CT molecular complexity index is 843. The third-order valence-electron chi connectivity index (χ3n) is 3.10. The standard InChI is InChI=1S/C15H13BrN4O2/c1-2-22-12-8-7-11-18-13(9-3-5-10(16)6-4-9)14(15(17)21)20(11)19-12/h3-8H,2H2,1H3,(H2,17,21). The van der Waals surface area contributed by atoms with Crippen LogP contribution in [-0.2, 0) is 0 Å². The molecule has 0 aliphatic rings. The van der Waals surface area contributed by atoms with Gasteiger partial charge in [-0.1, -0.05) is 28.1 Å². The Morgan fingerprint density at radius 3 is 2.64 bits per heavy atom. The van der Waals surface area contributed by atoms with Crippen molar-refractivity contribution in [1.82, 2.24) is 14.6 Å². The molecule has 22 heavy (non-hydrogen) atoms. The lowest BCUT2D eigenvalue weighted by Gasteiger charge is -2.03. The Morgan fingerprint density at radius 2 is 2.00 bits per heavy atom. The predicted octanol–water partition coefficient (Wildman–Crippen LogP) is 2.66. The van der Waals surface area contributed by atoms with Gasteiger partial charge >= 0.3 is 0 Å². The largest absolute Gasteiger partial charge is 0.477 e. The van der Waals surface area contributed by atoms with Gasteiger partial charge in [0.15, 0.2) is 11.3 Å². The molecule has 0 atom stereocenters. The van der Waals surface area contributed by atoms with Crippen LogP contribution < -0.4 is 10.5 Å². The van der Waals surface area contributed by atoms with E-state index in [2.05, 4.69) is 26.0 Å². The first-order valence-electron chi connectivity index (χ1n) is 6.68. The van der Waals surface area contributed by atoms with E-state index in [0.717, 1.165) is 10.0 Å². The Morgan fingerprint density at radius 1 is 1.27 bits per heavy atom. The highest BCUT2D eigenvalue weighted by Gasteiger charge is 2.20. The number of hydrogen-bond acceptors (Lipinski definition) is 4. The molecule has 0 unspecified atom stereocenters. The van der Waals surface area contributed by atoms with Crippen molar-refractivity contribution in [2.45, 2.75) is 6.92 Å².